The Balaban J connectivity index is 2.67. The molecule has 0 spiro atoms. The van der Waals surface area contributed by atoms with Crippen molar-refractivity contribution in [1.29, 1.82) is 0 Å². The number of hydrogen-bond acceptors (Lipinski definition) is 3. The minimum atomic E-state index is -0.303. The third-order valence-corrected chi connectivity index (χ3v) is 2.56. The smallest absolute Gasteiger partial charge is 0.167 e. The number of methoxy groups -OCH3 is 1. The Hall–Kier alpha value is -1.13. The van der Waals surface area contributed by atoms with Crippen LogP contribution < -0.4 is 10.1 Å². The van der Waals surface area contributed by atoms with E-state index < -0.39 is 0 Å². The second-order valence-corrected chi connectivity index (χ2v) is 4.65. The Morgan fingerprint density at radius 2 is 2.06 bits per heavy atom. The third-order valence-electron chi connectivity index (χ3n) is 2.56. The minimum Gasteiger partial charge on any atom is -0.484 e. The molecule has 102 valence electrons. The lowest BCUT2D eigenvalue weighted by atomic mass is 10.2. The first kappa shape index (κ1) is 14.9. The summed E-state index contributed by atoms with van der Waals surface area (Å²) in [6.45, 7) is 6.88. The Morgan fingerprint density at radius 1 is 1.33 bits per heavy atom. The van der Waals surface area contributed by atoms with Crippen molar-refractivity contribution in [2.75, 3.05) is 20.3 Å². The maximum atomic E-state index is 13.8. The third kappa shape index (κ3) is 4.63. The quantitative estimate of drug-likeness (QED) is 0.812. The second-order valence-electron chi connectivity index (χ2n) is 4.65. The Morgan fingerprint density at radius 3 is 2.67 bits per heavy atom. The molecule has 0 bridgehead atoms. The van der Waals surface area contributed by atoms with Crippen LogP contribution in [0.15, 0.2) is 18.2 Å². The predicted molar refractivity (Wildman–Crippen MR) is 70.6 cm³/mol. The van der Waals surface area contributed by atoms with Gasteiger partial charge in [0.1, 0.15) is 6.10 Å². The van der Waals surface area contributed by atoms with Crippen LogP contribution in [0.2, 0.25) is 0 Å². The molecule has 0 aliphatic rings. The summed E-state index contributed by atoms with van der Waals surface area (Å²) in [4.78, 5) is 0. The predicted octanol–water partition coefficient (Wildman–Crippen LogP) is 2.53. The molecule has 1 aromatic carbocycles. The Bertz CT molecular complexity index is 369. The first-order valence-electron chi connectivity index (χ1n) is 6.18. The van der Waals surface area contributed by atoms with Gasteiger partial charge in [-0.2, -0.15) is 0 Å². The molecule has 0 aliphatic heterocycles. The SMILES string of the molecule is COCC(CNC(C)C)Oc1cccc(C)c1F. The summed E-state index contributed by atoms with van der Waals surface area (Å²) in [5.74, 6) is -0.0224. The molecule has 0 aliphatic carbocycles. The summed E-state index contributed by atoms with van der Waals surface area (Å²) in [5.41, 5.74) is 0.584. The van der Waals surface area contributed by atoms with Gasteiger partial charge in [0.25, 0.3) is 0 Å². The first-order chi connectivity index (χ1) is 8.54. The highest BCUT2D eigenvalue weighted by atomic mass is 19.1. The van der Waals surface area contributed by atoms with E-state index in [9.17, 15) is 4.39 Å². The zero-order valence-corrected chi connectivity index (χ0v) is 11.5. The number of aryl methyl sites for hydroxylation is 1. The van der Waals surface area contributed by atoms with Gasteiger partial charge in [-0.25, -0.2) is 4.39 Å². The van der Waals surface area contributed by atoms with E-state index in [0.717, 1.165) is 0 Å². The molecule has 0 amide bonds. The molecule has 4 heteroatoms. The lowest BCUT2D eigenvalue weighted by molar-refractivity contribution is 0.0766. The summed E-state index contributed by atoms with van der Waals surface area (Å²) < 4.78 is 24.6. The largest absolute Gasteiger partial charge is 0.484 e. The van der Waals surface area contributed by atoms with Crippen molar-refractivity contribution >= 4 is 0 Å². The molecule has 1 aromatic rings. The second kappa shape index (κ2) is 7.34. The molecule has 1 unspecified atom stereocenters. The van der Waals surface area contributed by atoms with Crippen molar-refractivity contribution in [3.63, 3.8) is 0 Å². The summed E-state index contributed by atoms with van der Waals surface area (Å²) in [5, 5.41) is 3.26. The molecule has 0 heterocycles. The molecule has 0 radical (unpaired) electrons. The van der Waals surface area contributed by atoms with Gasteiger partial charge in [0.05, 0.1) is 6.61 Å². The van der Waals surface area contributed by atoms with E-state index in [0.29, 0.717) is 24.8 Å². The highest BCUT2D eigenvalue weighted by Crippen LogP contribution is 2.20. The van der Waals surface area contributed by atoms with E-state index in [1.807, 2.05) is 0 Å². The number of rotatable bonds is 7. The molecule has 1 rings (SSSR count). The summed E-state index contributed by atoms with van der Waals surface area (Å²) in [6.07, 6.45) is -0.200. The molecule has 3 nitrogen and oxygen atoms in total. The maximum Gasteiger partial charge on any atom is 0.167 e. The fourth-order valence-electron chi connectivity index (χ4n) is 1.58. The van der Waals surface area contributed by atoms with Crippen LogP contribution in [0.1, 0.15) is 19.4 Å². The highest BCUT2D eigenvalue weighted by Gasteiger charge is 2.14. The summed E-state index contributed by atoms with van der Waals surface area (Å²) >= 11 is 0. The van der Waals surface area contributed by atoms with Gasteiger partial charge < -0.3 is 14.8 Å². The van der Waals surface area contributed by atoms with Crippen LogP contribution >= 0.6 is 0 Å². The van der Waals surface area contributed by atoms with Crippen molar-refractivity contribution < 1.29 is 13.9 Å². The Kier molecular flexibility index (Phi) is 6.09. The Labute approximate surface area is 108 Å². The van der Waals surface area contributed by atoms with Gasteiger partial charge in [0, 0.05) is 19.7 Å². The number of ether oxygens (including phenoxy) is 2. The fourth-order valence-corrected chi connectivity index (χ4v) is 1.58. The zero-order valence-electron chi connectivity index (χ0n) is 11.5. The molecule has 0 saturated carbocycles. The molecule has 1 N–H and O–H groups in total. The first-order valence-corrected chi connectivity index (χ1v) is 6.18. The summed E-state index contributed by atoms with van der Waals surface area (Å²) in [7, 11) is 1.61. The maximum absolute atomic E-state index is 13.8. The minimum absolute atomic E-state index is 0.200. The van der Waals surface area contributed by atoms with Gasteiger partial charge in [-0.05, 0) is 18.6 Å². The molecule has 18 heavy (non-hydrogen) atoms. The number of nitrogens with one attached hydrogen (secondary N) is 1. The van der Waals surface area contributed by atoms with Crippen molar-refractivity contribution in [3.05, 3.63) is 29.6 Å². The van der Waals surface area contributed by atoms with Crippen LogP contribution in [0.25, 0.3) is 0 Å². The lowest BCUT2D eigenvalue weighted by Crippen LogP contribution is -2.38. The van der Waals surface area contributed by atoms with E-state index in [2.05, 4.69) is 19.2 Å². The van der Waals surface area contributed by atoms with Crippen LogP contribution in [-0.4, -0.2) is 32.4 Å². The number of halogens is 1. The van der Waals surface area contributed by atoms with Crippen molar-refractivity contribution in [3.8, 4) is 5.75 Å². The van der Waals surface area contributed by atoms with Crippen molar-refractivity contribution in [2.45, 2.75) is 32.9 Å². The standard InChI is InChI=1S/C14H22FNO2/c1-10(2)16-8-12(9-17-4)18-13-7-5-6-11(3)14(13)15/h5-7,10,12,16H,8-9H2,1-4H3. The van der Waals surface area contributed by atoms with Gasteiger partial charge >= 0.3 is 0 Å². The van der Waals surface area contributed by atoms with Crippen LogP contribution in [0.4, 0.5) is 4.39 Å². The average Bonchev–Trinajstić information content (AvgIpc) is 2.32. The van der Waals surface area contributed by atoms with Gasteiger partial charge in [0.2, 0.25) is 0 Å². The van der Waals surface area contributed by atoms with Crippen LogP contribution in [-0.2, 0) is 4.74 Å². The molecular formula is C14H22FNO2. The van der Waals surface area contributed by atoms with Crippen LogP contribution in [0.3, 0.4) is 0 Å². The van der Waals surface area contributed by atoms with E-state index >= 15 is 0 Å². The van der Waals surface area contributed by atoms with Crippen LogP contribution in [0, 0.1) is 12.7 Å². The molecule has 0 fully saturated rings. The molecular weight excluding hydrogens is 233 g/mol. The van der Waals surface area contributed by atoms with Crippen LogP contribution in [0.5, 0.6) is 5.75 Å². The van der Waals surface area contributed by atoms with E-state index in [1.165, 1.54) is 0 Å². The average molecular weight is 255 g/mol. The number of hydrogen-bond donors (Lipinski definition) is 1. The van der Waals surface area contributed by atoms with E-state index in [-0.39, 0.29) is 17.7 Å². The van der Waals surface area contributed by atoms with Gasteiger partial charge in [0.15, 0.2) is 11.6 Å². The zero-order chi connectivity index (χ0) is 13.5. The van der Waals surface area contributed by atoms with Gasteiger partial charge in [-0.3, -0.25) is 0 Å². The van der Waals surface area contributed by atoms with Gasteiger partial charge in [-0.15, -0.1) is 0 Å². The molecule has 0 saturated heterocycles. The monoisotopic (exact) mass is 255 g/mol. The fraction of sp³-hybridized carbons (Fsp3) is 0.571. The normalized spacial score (nSPS) is 12.8. The molecule has 1 atom stereocenters. The topological polar surface area (TPSA) is 30.5 Å². The van der Waals surface area contributed by atoms with E-state index in [1.54, 1.807) is 32.2 Å². The lowest BCUT2D eigenvalue weighted by Gasteiger charge is -2.21. The van der Waals surface area contributed by atoms with Crippen molar-refractivity contribution in [1.82, 2.24) is 5.32 Å². The van der Waals surface area contributed by atoms with Gasteiger partial charge in [-0.1, -0.05) is 26.0 Å². The highest BCUT2D eigenvalue weighted by molar-refractivity contribution is 5.30. The van der Waals surface area contributed by atoms with Crippen molar-refractivity contribution in [2.24, 2.45) is 0 Å². The molecule has 0 aromatic heterocycles. The summed E-state index contributed by atoms with van der Waals surface area (Å²) in [6, 6.07) is 5.50. The van der Waals surface area contributed by atoms with E-state index in [4.69, 9.17) is 9.47 Å². The number of benzene rings is 1.